The van der Waals surface area contributed by atoms with Crippen molar-refractivity contribution in [2.75, 3.05) is 38.1 Å². The van der Waals surface area contributed by atoms with Gasteiger partial charge in [0.05, 0.1) is 24.1 Å². The number of fused-ring (bicyclic) bond motifs is 1. The molecule has 0 atom stereocenters. The number of likely N-dealkylation sites (tertiary alicyclic amines) is 1. The van der Waals surface area contributed by atoms with E-state index in [9.17, 15) is 4.79 Å². The highest BCUT2D eigenvalue weighted by atomic mass is 16.2. The number of aryl methyl sites for hydroxylation is 1. The number of hydrogen-bond acceptors (Lipinski definition) is 4. The molecule has 8 heteroatoms. The Hall–Kier alpha value is -2.35. The fourth-order valence-electron chi connectivity index (χ4n) is 4.25. The first-order chi connectivity index (χ1) is 12.7. The first-order valence-electron chi connectivity index (χ1n) is 9.52. The lowest BCUT2D eigenvalue weighted by Gasteiger charge is -2.39. The van der Waals surface area contributed by atoms with Gasteiger partial charge < -0.3 is 4.90 Å². The van der Waals surface area contributed by atoms with Gasteiger partial charge in [0.1, 0.15) is 0 Å². The monoisotopic (exact) mass is 355 g/mol. The maximum Gasteiger partial charge on any atom is 0.324 e. The molecule has 2 saturated heterocycles. The Morgan fingerprint density at radius 2 is 2.00 bits per heavy atom. The average Bonchev–Trinajstić information content (AvgIpc) is 3.31. The number of anilines is 1. The minimum Gasteiger partial charge on any atom is -0.326 e. The summed E-state index contributed by atoms with van der Waals surface area (Å²) < 4.78 is 4.20. The van der Waals surface area contributed by atoms with Gasteiger partial charge in [-0.1, -0.05) is 0 Å². The number of urea groups is 1. The van der Waals surface area contributed by atoms with Crippen molar-refractivity contribution in [3.05, 3.63) is 29.8 Å². The van der Waals surface area contributed by atoms with Gasteiger partial charge in [0, 0.05) is 63.8 Å². The zero-order valence-corrected chi connectivity index (χ0v) is 15.2. The van der Waals surface area contributed by atoms with Crippen LogP contribution in [0.25, 0.3) is 0 Å². The molecule has 0 saturated carbocycles. The van der Waals surface area contributed by atoms with Gasteiger partial charge >= 0.3 is 6.03 Å². The van der Waals surface area contributed by atoms with E-state index >= 15 is 0 Å². The Labute approximate surface area is 153 Å². The summed E-state index contributed by atoms with van der Waals surface area (Å²) in [5.74, 6) is 0. The van der Waals surface area contributed by atoms with Crippen LogP contribution in [0.2, 0.25) is 0 Å². The van der Waals surface area contributed by atoms with Crippen molar-refractivity contribution in [3.8, 4) is 0 Å². The van der Waals surface area contributed by atoms with Crippen molar-refractivity contribution >= 4 is 11.7 Å². The first-order valence-corrected chi connectivity index (χ1v) is 9.52. The van der Waals surface area contributed by atoms with Crippen molar-refractivity contribution in [2.45, 2.75) is 38.4 Å². The molecular weight excluding hydrogens is 330 g/mol. The smallest absolute Gasteiger partial charge is 0.324 e. The zero-order valence-electron chi connectivity index (χ0n) is 15.2. The second kappa shape index (κ2) is 6.12. The predicted molar refractivity (Wildman–Crippen MR) is 97.1 cm³/mol. The molecule has 2 aromatic rings. The Morgan fingerprint density at radius 3 is 2.81 bits per heavy atom. The molecule has 0 aromatic carbocycles. The molecule has 2 aromatic heterocycles. The molecule has 3 aliphatic heterocycles. The number of hydrogen-bond donors (Lipinski definition) is 0. The molecule has 0 spiro atoms. The molecule has 26 heavy (non-hydrogen) atoms. The second-order valence-corrected chi connectivity index (χ2v) is 7.68. The van der Waals surface area contributed by atoms with E-state index in [1.165, 1.54) is 24.1 Å². The fraction of sp³-hybridized carbons (Fsp3) is 0.611. The summed E-state index contributed by atoms with van der Waals surface area (Å²) in [6.07, 6.45) is 9.57. The number of carbonyl (C=O) groups excluding carboxylic acids is 1. The largest absolute Gasteiger partial charge is 0.326 e. The highest BCUT2D eigenvalue weighted by Gasteiger charge is 2.32. The maximum absolute atomic E-state index is 12.1. The third-order valence-electron chi connectivity index (χ3n) is 5.89. The van der Waals surface area contributed by atoms with Crippen LogP contribution in [0.3, 0.4) is 0 Å². The van der Waals surface area contributed by atoms with Gasteiger partial charge in [-0.3, -0.25) is 19.2 Å². The van der Waals surface area contributed by atoms with E-state index in [2.05, 4.69) is 26.0 Å². The molecule has 8 nitrogen and oxygen atoms in total. The van der Waals surface area contributed by atoms with Gasteiger partial charge in [0.15, 0.2) is 0 Å². The summed E-state index contributed by atoms with van der Waals surface area (Å²) >= 11 is 0. The summed E-state index contributed by atoms with van der Waals surface area (Å²) in [5.41, 5.74) is 3.72. The summed E-state index contributed by atoms with van der Waals surface area (Å²) in [4.78, 5) is 18.1. The minimum atomic E-state index is 0.0609. The second-order valence-electron chi connectivity index (χ2n) is 7.68. The topological polar surface area (TPSA) is 62.4 Å². The molecule has 5 heterocycles. The fourth-order valence-corrected chi connectivity index (χ4v) is 4.25. The molecule has 0 aliphatic carbocycles. The number of amides is 2. The van der Waals surface area contributed by atoms with Crippen LogP contribution < -0.4 is 4.90 Å². The van der Waals surface area contributed by atoms with E-state index in [4.69, 9.17) is 0 Å². The zero-order chi connectivity index (χ0) is 17.7. The average molecular weight is 355 g/mol. The van der Waals surface area contributed by atoms with Crippen molar-refractivity contribution in [1.29, 1.82) is 0 Å². The van der Waals surface area contributed by atoms with Crippen molar-refractivity contribution in [3.63, 3.8) is 0 Å². The predicted octanol–water partition coefficient (Wildman–Crippen LogP) is 1.34. The standard InChI is InChI=1S/C18H25N7O/c1-21-6-7-23(18(21)26)15-9-20-25(13-15)16-11-22(12-16)10-14-8-19-24-5-3-2-4-17(14)24/h8-9,13,16H,2-7,10-12H2,1H3. The van der Waals surface area contributed by atoms with Gasteiger partial charge in [-0.15, -0.1) is 0 Å². The van der Waals surface area contributed by atoms with Crippen molar-refractivity contribution in [1.82, 2.24) is 29.4 Å². The van der Waals surface area contributed by atoms with E-state index in [1.807, 2.05) is 24.1 Å². The SMILES string of the molecule is CN1CCN(c2cnn(C3CN(Cc4cnn5c4CCCC5)C3)c2)C1=O. The molecule has 138 valence electrons. The number of rotatable bonds is 4. The molecule has 5 rings (SSSR count). The van der Waals surface area contributed by atoms with Gasteiger partial charge in [-0.25, -0.2) is 4.79 Å². The Balaban J connectivity index is 1.20. The van der Waals surface area contributed by atoms with E-state index < -0.39 is 0 Å². The lowest BCUT2D eigenvalue weighted by atomic mass is 10.0. The quantitative estimate of drug-likeness (QED) is 0.830. The van der Waals surface area contributed by atoms with Crippen LogP contribution >= 0.6 is 0 Å². The molecule has 2 fully saturated rings. The molecule has 0 radical (unpaired) electrons. The third-order valence-corrected chi connectivity index (χ3v) is 5.89. The summed E-state index contributed by atoms with van der Waals surface area (Å²) in [5, 5.41) is 9.04. The number of carbonyl (C=O) groups is 1. The first kappa shape index (κ1) is 15.9. The van der Waals surface area contributed by atoms with E-state index in [-0.39, 0.29) is 6.03 Å². The summed E-state index contributed by atoms with van der Waals surface area (Å²) in [7, 11) is 1.84. The molecule has 0 unspecified atom stereocenters. The van der Waals surface area contributed by atoms with Crippen LogP contribution in [-0.4, -0.2) is 68.6 Å². The van der Waals surface area contributed by atoms with Crippen LogP contribution in [0.4, 0.5) is 10.5 Å². The normalized spacial score (nSPS) is 21.3. The Bertz CT molecular complexity index is 819. The van der Waals surface area contributed by atoms with Crippen LogP contribution in [0.15, 0.2) is 18.6 Å². The summed E-state index contributed by atoms with van der Waals surface area (Å²) in [6.45, 7) is 5.56. The van der Waals surface area contributed by atoms with Gasteiger partial charge in [0.25, 0.3) is 0 Å². The molecule has 2 amide bonds. The molecule has 0 N–H and O–H groups in total. The number of likely N-dealkylation sites (N-methyl/N-ethyl adjacent to an activating group) is 1. The number of aromatic nitrogens is 4. The van der Waals surface area contributed by atoms with Crippen LogP contribution in [0, 0.1) is 0 Å². The van der Waals surface area contributed by atoms with Crippen LogP contribution in [0.1, 0.15) is 30.1 Å². The van der Waals surface area contributed by atoms with E-state index in [0.717, 1.165) is 51.4 Å². The van der Waals surface area contributed by atoms with Gasteiger partial charge in [-0.2, -0.15) is 10.2 Å². The van der Waals surface area contributed by atoms with Crippen molar-refractivity contribution < 1.29 is 4.79 Å². The van der Waals surface area contributed by atoms with E-state index in [1.54, 1.807) is 9.80 Å². The van der Waals surface area contributed by atoms with Crippen LogP contribution in [0.5, 0.6) is 0 Å². The highest BCUT2D eigenvalue weighted by Crippen LogP contribution is 2.27. The molecule has 0 bridgehead atoms. The van der Waals surface area contributed by atoms with Crippen molar-refractivity contribution in [2.24, 2.45) is 0 Å². The molecular formula is C18H25N7O. The van der Waals surface area contributed by atoms with Gasteiger partial charge in [-0.05, 0) is 19.3 Å². The minimum absolute atomic E-state index is 0.0609. The van der Waals surface area contributed by atoms with Crippen LogP contribution in [-0.2, 0) is 19.5 Å². The summed E-state index contributed by atoms with van der Waals surface area (Å²) in [6, 6.07) is 0.455. The highest BCUT2D eigenvalue weighted by molar-refractivity contribution is 5.93. The Kier molecular flexibility index (Phi) is 3.74. The van der Waals surface area contributed by atoms with E-state index in [0.29, 0.717) is 6.04 Å². The number of nitrogens with zero attached hydrogens (tertiary/aromatic N) is 7. The molecule has 3 aliphatic rings. The Morgan fingerprint density at radius 1 is 1.12 bits per heavy atom. The lowest BCUT2D eigenvalue weighted by Crippen LogP contribution is -2.47. The van der Waals surface area contributed by atoms with Gasteiger partial charge in [0.2, 0.25) is 0 Å². The lowest BCUT2D eigenvalue weighted by molar-refractivity contribution is 0.0905. The maximum atomic E-state index is 12.1. The third kappa shape index (κ3) is 2.59.